The van der Waals surface area contributed by atoms with Crippen LogP contribution in [0.5, 0.6) is 11.5 Å². The normalized spacial score (nSPS) is 10.4. The fraction of sp³-hybridized carbons (Fsp3) is 0.250. The average molecular weight is 354 g/mol. The molecule has 0 aromatic heterocycles. The van der Waals surface area contributed by atoms with E-state index in [1.54, 1.807) is 12.1 Å². The highest BCUT2D eigenvalue weighted by molar-refractivity contribution is 9.10. The summed E-state index contributed by atoms with van der Waals surface area (Å²) >= 11 is 3.20. The molecule has 3 nitrogen and oxygen atoms in total. The number of benzene rings is 2. The van der Waals surface area contributed by atoms with Gasteiger partial charge in [0, 0.05) is 23.0 Å². The Morgan fingerprint density at radius 3 is 2.43 bits per heavy atom. The molecule has 21 heavy (non-hydrogen) atoms. The van der Waals surface area contributed by atoms with Crippen molar-refractivity contribution in [3.63, 3.8) is 0 Å². The molecule has 2 N–H and O–H groups in total. The largest absolute Gasteiger partial charge is 0.493 e. The van der Waals surface area contributed by atoms with E-state index < -0.39 is 0 Å². The molecule has 0 aliphatic carbocycles. The van der Waals surface area contributed by atoms with Crippen molar-refractivity contribution in [1.29, 1.82) is 0 Å². The maximum atomic E-state index is 13.5. The molecule has 0 amide bonds. The lowest BCUT2D eigenvalue weighted by Gasteiger charge is -2.11. The quantitative estimate of drug-likeness (QED) is 0.767. The Morgan fingerprint density at radius 1 is 1.00 bits per heavy atom. The first-order valence-electron chi connectivity index (χ1n) is 6.69. The van der Waals surface area contributed by atoms with Crippen molar-refractivity contribution in [2.24, 2.45) is 5.73 Å². The van der Waals surface area contributed by atoms with Gasteiger partial charge in [0.1, 0.15) is 5.75 Å². The average Bonchev–Trinajstić information content (AvgIpc) is 2.49. The minimum Gasteiger partial charge on any atom is -0.493 e. The smallest absolute Gasteiger partial charge is 0.166 e. The van der Waals surface area contributed by atoms with E-state index in [0.717, 1.165) is 11.3 Å². The summed E-state index contributed by atoms with van der Waals surface area (Å²) in [5, 5.41) is 0. The third kappa shape index (κ3) is 4.72. The van der Waals surface area contributed by atoms with Crippen molar-refractivity contribution in [1.82, 2.24) is 0 Å². The molecule has 0 bridgehead atoms. The van der Waals surface area contributed by atoms with Crippen LogP contribution in [0.3, 0.4) is 0 Å². The third-order valence-electron chi connectivity index (χ3n) is 2.89. The molecule has 0 unspecified atom stereocenters. The predicted octanol–water partition coefficient (Wildman–Crippen LogP) is 3.89. The van der Waals surface area contributed by atoms with Gasteiger partial charge in [-0.2, -0.15) is 0 Å². The summed E-state index contributed by atoms with van der Waals surface area (Å²) in [6.07, 6.45) is 0.661. The molecule has 0 aliphatic rings. The predicted molar refractivity (Wildman–Crippen MR) is 84.0 cm³/mol. The molecule has 2 aromatic carbocycles. The number of nitrogens with two attached hydrogens (primary N) is 1. The summed E-state index contributed by atoms with van der Waals surface area (Å²) in [6, 6.07) is 12.4. The SMILES string of the molecule is NCc1ccccc1OCCCOc1ccc(Br)cc1F. The van der Waals surface area contributed by atoms with Crippen LogP contribution in [0.4, 0.5) is 4.39 Å². The van der Waals surface area contributed by atoms with E-state index in [-0.39, 0.29) is 11.6 Å². The van der Waals surface area contributed by atoms with E-state index >= 15 is 0 Å². The Hall–Kier alpha value is -1.59. The summed E-state index contributed by atoms with van der Waals surface area (Å²) in [5.74, 6) is 0.661. The minimum atomic E-state index is -0.376. The van der Waals surface area contributed by atoms with Gasteiger partial charge in [-0.15, -0.1) is 0 Å². The van der Waals surface area contributed by atoms with Crippen molar-refractivity contribution in [3.05, 3.63) is 58.3 Å². The summed E-state index contributed by atoms with van der Waals surface area (Å²) in [4.78, 5) is 0. The van der Waals surface area contributed by atoms with Crippen molar-refractivity contribution >= 4 is 15.9 Å². The Bertz CT molecular complexity index is 592. The number of rotatable bonds is 7. The lowest BCUT2D eigenvalue weighted by atomic mass is 10.2. The van der Waals surface area contributed by atoms with E-state index in [1.165, 1.54) is 6.07 Å². The van der Waals surface area contributed by atoms with Crippen molar-refractivity contribution in [2.75, 3.05) is 13.2 Å². The molecule has 2 rings (SSSR count). The lowest BCUT2D eigenvalue weighted by Crippen LogP contribution is -2.07. The highest BCUT2D eigenvalue weighted by Gasteiger charge is 2.04. The molecule has 0 atom stereocenters. The van der Waals surface area contributed by atoms with Crippen molar-refractivity contribution < 1.29 is 13.9 Å². The van der Waals surface area contributed by atoms with Crippen LogP contribution in [0.2, 0.25) is 0 Å². The van der Waals surface area contributed by atoms with Crippen LogP contribution in [0.15, 0.2) is 46.9 Å². The van der Waals surface area contributed by atoms with Crippen LogP contribution in [-0.2, 0) is 6.54 Å². The van der Waals surface area contributed by atoms with Crippen LogP contribution >= 0.6 is 15.9 Å². The standard InChI is InChI=1S/C16H17BrFNO2/c17-13-6-7-16(14(18)10-13)21-9-3-8-20-15-5-2-1-4-12(15)11-19/h1-2,4-7,10H,3,8-9,11,19H2. The molecule has 5 heteroatoms. The second-order valence-electron chi connectivity index (χ2n) is 4.44. The maximum absolute atomic E-state index is 13.5. The number of hydrogen-bond acceptors (Lipinski definition) is 3. The molecule has 0 aliphatic heterocycles. The molecule has 0 spiro atoms. The lowest BCUT2D eigenvalue weighted by molar-refractivity contribution is 0.240. The zero-order valence-corrected chi connectivity index (χ0v) is 13.1. The molecular formula is C16H17BrFNO2. The first kappa shape index (κ1) is 15.8. The van der Waals surface area contributed by atoms with Gasteiger partial charge in [-0.3, -0.25) is 0 Å². The Morgan fingerprint density at radius 2 is 1.71 bits per heavy atom. The Balaban J connectivity index is 1.75. The van der Waals surface area contributed by atoms with Gasteiger partial charge in [0.05, 0.1) is 13.2 Å². The Labute approximate surface area is 132 Å². The second kappa shape index (κ2) is 8.00. The van der Waals surface area contributed by atoms with Crippen molar-refractivity contribution in [2.45, 2.75) is 13.0 Å². The van der Waals surface area contributed by atoms with Gasteiger partial charge < -0.3 is 15.2 Å². The van der Waals surface area contributed by atoms with Crippen LogP contribution < -0.4 is 15.2 Å². The van der Waals surface area contributed by atoms with Gasteiger partial charge in [-0.05, 0) is 24.3 Å². The van der Waals surface area contributed by atoms with E-state index in [9.17, 15) is 4.39 Å². The molecule has 0 fully saturated rings. The third-order valence-corrected chi connectivity index (χ3v) is 3.38. The number of hydrogen-bond donors (Lipinski definition) is 1. The van der Waals surface area contributed by atoms with E-state index in [4.69, 9.17) is 15.2 Å². The molecule has 0 heterocycles. The number of para-hydroxylation sites is 1. The zero-order valence-electron chi connectivity index (χ0n) is 11.5. The summed E-state index contributed by atoms with van der Waals surface area (Å²) in [5.41, 5.74) is 6.61. The minimum absolute atomic E-state index is 0.251. The topological polar surface area (TPSA) is 44.5 Å². The summed E-state index contributed by atoms with van der Waals surface area (Å²) in [7, 11) is 0. The van der Waals surface area contributed by atoms with Crippen LogP contribution in [-0.4, -0.2) is 13.2 Å². The van der Waals surface area contributed by atoms with E-state index in [2.05, 4.69) is 15.9 Å². The molecule has 0 radical (unpaired) electrons. The van der Waals surface area contributed by atoms with E-state index in [0.29, 0.717) is 30.7 Å². The second-order valence-corrected chi connectivity index (χ2v) is 5.35. The van der Waals surface area contributed by atoms with Gasteiger partial charge in [-0.25, -0.2) is 4.39 Å². The van der Waals surface area contributed by atoms with Crippen LogP contribution in [0.1, 0.15) is 12.0 Å². The molecule has 112 valence electrons. The molecule has 0 saturated heterocycles. The molecular weight excluding hydrogens is 337 g/mol. The van der Waals surface area contributed by atoms with Gasteiger partial charge in [0.2, 0.25) is 0 Å². The number of halogens is 2. The monoisotopic (exact) mass is 353 g/mol. The van der Waals surface area contributed by atoms with Gasteiger partial charge >= 0.3 is 0 Å². The maximum Gasteiger partial charge on any atom is 0.166 e. The van der Waals surface area contributed by atoms with Gasteiger partial charge in [0.25, 0.3) is 0 Å². The molecule has 2 aromatic rings. The van der Waals surface area contributed by atoms with Gasteiger partial charge in [-0.1, -0.05) is 34.1 Å². The van der Waals surface area contributed by atoms with Crippen molar-refractivity contribution in [3.8, 4) is 11.5 Å². The molecule has 0 saturated carbocycles. The highest BCUT2D eigenvalue weighted by atomic mass is 79.9. The first-order chi connectivity index (χ1) is 10.2. The zero-order chi connectivity index (χ0) is 15.1. The highest BCUT2D eigenvalue weighted by Crippen LogP contribution is 2.21. The van der Waals surface area contributed by atoms with Crippen LogP contribution in [0.25, 0.3) is 0 Å². The summed E-state index contributed by atoms with van der Waals surface area (Å²) in [6.45, 7) is 1.33. The van der Waals surface area contributed by atoms with E-state index in [1.807, 2.05) is 24.3 Å². The fourth-order valence-electron chi connectivity index (χ4n) is 1.83. The summed E-state index contributed by atoms with van der Waals surface area (Å²) < 4.78 is 25.3. The van der Waals surface area contributed by atoms with Crippen LogP contribution in [0, 0.1) is 5.82 Å². The first-order valence-corrected chi connectivity index (χ1v) is 7.48. The Kier molecular flexibility index (Phi) is 6.02. The van der Waals surface area contributed by atoms with Gasteiger partial charge in [0.15, 0.2) is 11.6 Å². The fourth-order valence-corrected chi connectivity index (χ4v) is 2.16. The number of ether oxygens (including phenoxy) is 2.